The van der Waals surface area contributed by atoms with Crippen LogP contribution in [-0.4, -0.2) is 28.9 Å². The topological polar surface area (TPSA) is 96.1 Å². The quantitative estimate of drug-likeness (QED) is 0.797. The lowest BCUT2D eigenvalue weighted by Crippen LogP contribution is -2.34. The minimum Gasteiger partial charge on any atom is -0.450 e. The van der Waals surface area contributed by atoms with Gasteiger partial charge < -0.3 is 4.74 Å². The molecule has 3 N–H and O–H groups in total. The highest BCUT2D eigenvalue weighted by Crippen LogP contribution is 2.30. The number of nitrogens with one attached hydrogen (secondary N) is 3. The summed E-state index contributed by atoms with van der Waals surface area (Å²) < 4.78 is 42.1. The summed E-state index contributed by atoms with van der Waals surface area (Å²) in [5.41, 5.74) is 0.0856. The molecule has 1 heterocycles. The van der Waals surface area contributed by atoms with Crippen molar-refractivity contribution in [1.29, 1.82) is 0 Å². The van der Waals surface area contributed by atoms with E-state index in [1.807, 2.05) is 5.32 Å². The number of ether oxygens (including phenoxy) is 1. The third-order valence-corrected chi connectivity index (χ3v) is 2.83. The number of halogens is 3. The van der Waals surface area contributed by atoms with Crippen molar-refractivity contribution in [3.8, 4) is 11.3 Å². The number of imide groups is 1. The Kier molecular flexibility index (Phi) is 5.07. The lowest BCUT2D eigenvalue weighted by atomic mass is 10.1. The van der Waals surface area contributed by atoms with Gasteiger partial charge in [0, 0.05) is 6.07 Å². The fourth-order valence-corrected chi connectivity index (χ4v) is 1.78. The maximum absolute atomic E-state index is 12.5. The van der Waals surface area contributed by atoms with E-state index in [2.05, 4.69) is 20.3 Å². The van der Waals surface area contributed by atoms with E-state index < -0.39 is 23.9 Å². The molecule has 0 aliphatic carbocycles. The third kappa shape index (κ3) is 4.48. The van der Waals surface area contributed by atoms with Crippen LogP contribution < -0.4 is 10.6 Å². The first kappa shape index (κ1) is 17.3. The Hall–Kier alpha value is -3.04. The number of aromatic amines is 1. The van der Waals surface area contributed by atoms with E-state index in [0.717, 1.165) is 12.1 Å². The molecule has 7 nitrogen and oxygen atoms in total. The summed E-state index contributed by atoms with van der Waals surface area (Å²) in [5, 5.41) is 10.6. The summed E-state index contributed by atoms with van der Waals surface area (Å²) in [7, 11) is 0. The van der Waals surface area contributed by atoms with Crippen molar-refractivity contribution in [3.05, 3.63) is 35.9 Å². The van der Waals surface area contributed by atoms with Gasteiger partial charge in [-0.05, 0) is 24.6 Å². The average Bonchev–Trinajstić information content (AvgIpc) is 2.95. The highest BCUT2D eigenvalue weighted by molar-refractivity contribution is 5.98. The second kappa shape index (κ2) is 7.02. The lowest BCUT2D eigenvalue weighted by molar-refractivity contribution is -0.137. The van der Waals surface area contributed by atoms with E-state index in [9.17, 15) is 22.8 Å². The van der Waals surface area contributed by atoms with Gasteiger partial charge in [-0.2, -0.15) is 18.3 Å². The van der Waals surface area contributed by atoms with Crippen LogP contribution in [0.5, 0.6) is 0 Å². The number of carbonyl (C=O) groups excluding carboxylic acids is 2. The number of amides is 3. The Labute approximate surface area is 134 Å². The molecule has 24 heavy (non-hydrogen) atoms. The largest absolute Gasteiger partial charge is 0.450 e. The zero-order valence-electron chi connectivity index (χ0n) is 12.4. The monoisotopic (exact) mass is 342 g/mol. The van der Waals surface area contributed by atoms with Crippen molar-refractivity contribution in [2.75, 3.05) is 11.9 Å². The van der Waals surface area contributed by atoms with Crippen LogP contribution in [-0.2, 0) is 10.9 Å². The third-order valence-electron chi connectivity index (χ3n) is 2.83. The number of benzene rings is 1. The van der Waals surface area contributed by atoms with Gasteiger partial charge in [-0.1, -0.05) is 12.1 Å². The van der Waals surface area contributed by atoms with E-state index >= 15 is 0 Å². The molecule has 0 saturated heterocycles. The van der Waals surface area contributed by atoms with Crippen LogP contribution in [0.2, 0.25) is 0 Å². The van der Waals surface area contributed by atoms with Gasteiger partial charge in [0.15, 0.2) is 5.82 Å². The summed E-state index contributed by atoms with van der Waals surface area (Å²) in [6.45, 7) is 1.70. The second-order valence-electron chi connectivity index (χ2n) is 4.54. The average molecular weight is 342 g/mol. The number of rotatable bonds is 3. The number of H-pyrrole nitrogens is 1. The molecule has 0 bridgehead atoms. The Morgan fingerprint density at radius 1 is 1.25 bits per heavy atom. The number of carbonyl (C=O) groups is 2. The fraction of sp³-hybridized carbons (Fsp3) is 0.214. The standard InChI is InChI=1S/C14H13F3N4O3/c1-2-24-13(23)19-12(22)18-11-7-10(20-21-11)8-3-5-9(6-4-8)14(15,16)17/h3-7H,2H2,1H3,(H3,18,19,20,21,22,23). The summed E-state index contributed by atoms with van der Waals surface area (Å²) in [6, 6.07) is 5.00. The van der Waals surface area contributed by atoms with Crippen LogP contribution >= 0.6 is 0 Å². The Morgan fingerprint density at radius 2 is 1.92 bits per heavy atom. The van der Waals surface area contributed by atoms with E-state index in [0.29, 0.717) is 11.3 Å². The lowest BCUT2D eigenvalue weighted by Gasteiger charge is -2.06. The maximum atomic E-state index is 12.5. The Morgan fingerprint density at radius 3 is 2.50 bits per heavy atom. The summed E-state index contributed by atoms with van der Waals surface area (Å²) in [5.74, 6) is 0.0895. The molecule has 0 radical (unpaired) electrons. The van der Waals surface area contributed by atoms with E-state index in [4.69, 9.17) is 0 Å². The van der Waals surface area contributed by atoms with Gasteiger partial charge in [-0.25, -0.2) is 14.9 Å². The summed E-state index contributed by atoms with van der Waals surface area (Å²) >= 11 is 0. The molecular formula is C14H13F3N4O3. The highest BCUT2D eigenvalue weighted by atomic mass is 19.4. The van der Waals surface area contributed by atoms with Crippen LogP contribution in [0.1, 0.15) is 12.5 Å². The summed E-state index contributed by atoms with van der Waals surface area (Å²) in [6.07, 6.45) is -5.32. The first-order chi connectivity index (χ1) is 11.3. The highest BCUT2D eigenvalue weighted by Gasteiger charge is 2.30. The number of urea groups is 1. The number of nitrogens with zero attached hydrogens (tertiary/aromatic N) is 1. The van der Waals surface area contributed by atoms with Crippen molar-refractivity contribution in [3.63, 3.8) is 0 Å². The second-order valence-corrected chi connectivity index (χ2v) is 4.54. The maximum Gasteiger partial charge on any atom is 0.416 e. The van der Waals surface area contributed by atoms with Crippen molar-refractivity contribution in [2.24, 2.45) is 0 Å². The minimum absolute atomic E-state index is 0.0895. The van der Waals surface area contributed by atoms with E-state index in [-0.39, 0.29) is 12.4 Å². The fourth-order valence-electron chi connectivity index (χ4n) is 1.78. The number of hydrogen-bond donors (Lipinski definition) is 3. The van der Waals surface area contributed by atoms with Crippen LogP contribution in [0.15, 0.2) is 30.3 Å². The molecule has 10 heteroatoms. The van der Waals surface area contributed by atoms with Crippen molar-refractivity contribution >= 4 is 17.9 Å². The molecule has 2 aromatic rings. The zero-order valence-corrected chi connectivity index (χ0v) is 12.4. The van der Waals surface area contributed by atoms with Gasteiger partial charge in [-0.3, -0.25) is 10.4 Å². The molecule has 0 aliphatic rings. The van der Waals surface area contributed by atoms with E-state index in [1.165, 1.54) is 18.2 Å². The predicted molar refractivity (Wildman–Crippen MR) is 78.2 cm³/mol. The zero-order chi connectivity index (χ0) is 17.7. The normalized spacial score (nSPS) is 11.0. The molecule has 2 rings (SSSR count). The van der Waals surface area contributed by atoms with Crippen LogP contribution in [0.3, 0.4) is 0 Å². The molecule has 1 aromatic carbocycles. The van der Waals surface area contributed by atoms with E-state index in [1.54, 1.807) is 6.92 Å². The molecule has 0 fully saturated rings. The molecule has 0 unspecified atom stereocenters. The van der Waals surface area contributed by atoms with Gasteiger partial charge in [0.05, 0.1) is 17.9 Å². The van der Waals surface area contributed by atoms with Crippen molar-refractivity contribution in [2.45, 2.75) is 13.1 Å². The molecule has 0 spiro atoms. The first-order valence-electron chi connectivity index (χ1n) is 6.77. The SMILES string of the molecule is CCOC(=O)NC(=O)Nc1cc(-c2ccc(C(F)(F)F)cc2)[nH]n1. The number of hydrogen-bond acceptors (Lipinski definition) is 4. The number of alkyl carbamates (subject to hydrolysis) is 1. The number of aromatic nitrogens is 2. The van der Waals surface area contributed by atoms with Crippen LogP contribution in [0.4, 0.5) is 28.6 Å². The molecule has 3 amide bonds. The van der Waals surface area contributed by atoms with Crippen LogP contribution in [0, 0.1) is 0 Å². The summed E-state index contributed by atoms with van der Waals surface area (Å²) in [4.78, 5) is 22.6. The van der Waals surface area contributed by atoms with Gasteiger partial charge in [0.1, 0.15) is 0 Å². The van der Waals surface area contributed by atoms with Crippen LogP contribution in [0.25, 0.3) is 11.3 Å². The van der Waals surface area contributed by atoms with Gasteiger partial charge in [0.2, 0.25) is 0 Å². The smallest absolute Gasteiger partial charge is 0.416 e. The Balaban J connectivity index is 2.02. The van der Waals surface area contributed by atoms with Gasteiger partial charge >= 0.3 is 18.3 Å². The molecule has 0 aliphatic heterocycles. The minimum atomic E-state index is -4.41. The number of anilines is 1. The molecule has 0 atom stereocenters. The molecule has 128 valence electrons. The number of alkyl halides is 3. The first-order valence-corrected chi connectivity index (χ1v) is 6.77. The van der Waals surface area contributed by atoms with Crippen molar-refractivity contribution < 1.29 is 27.5 Å². The molecule has 0 saturated carbocycles. The van der Waals surface area contributed by atoms with Crippen molar-refractivity contribution in [1.82, 2.24) is 15.5 Å². The van der Waals surface area contributed by atoms with Gasteiger partial charge in [0.25, 0.3) is 0 Å². The predicted octanol–water partition coefficient (Wildman–Crippen LogP) is 3.37. The Bertz CT molecular complexity index is 726. The molecule has 1 aromatic heterocycles. The van der Waals surface area contributed by atoms with Gasteiger partial charge in [-0.15, -0.1) is 0 Å². The molecular weight excluding hydrogens is 329 g/mol.